The molecule has 6 aromatic carbocycles. The zero-order valence-electron chi connectivity index (χ0n) is 28.9. The van der Waals surface area contributed by atoms with Gasteiger partial charge >= 0.3 is 35.0 Å². The topological polar surface area (TPSA) is 58.2 Å². The number of hydrogen-bond donors (Lipinski definition) is 2. The van der Waals surface area contributed by atoms with Gasteiger partial charge in [-0.2, -0.15) is 0 Å². The van der Waals surface area contributed by atoms with Crippen LogP contribution in [0.4, 0.5) is 0 Å². The van der Waals surface area contributed by atoms with E-state index >= 15 is 0 Å². The molecule has 1 saturated carbocycles. The minimum absolute atomic E-state index is 0.0943. The second-order valence-electron chi connectivity index (χ2n) is 12.5. The summed E-state index contributed by atoms with van der Waals surface area (Å²) in [5, 5.41) is 13.6. The van der Waals surface area contributed by atoms with E-state index in [1.165, 1.54) is 21.2 Å². The van der Waals surface area contributed by atoms with Gasteiger partial charge < -0.3 is 10.6 Å². The second-order valence-corrected chi connectivity index (χ2v) is 19.3. The number of halogens is 2. The first-order valence-electron chi connectivity index (χ1n) is 17.5. The van der Waals surface area contributed by atoms with Crippen molar-refractivity contribution in [3.8, 4) is 0 Å². The zero-order chi connectivity index (χ0) is 36.8. The van der Waals surface area contributed by atoms with Crippen LogP contribution in [0.5, 0.6) is 0 Å². The number of carbonyl (C=O) groups excluding carboxylic acids is 2. The van der Waals surface area contributed by atoms with E-state index in [-0.39, 0.29) is 39.8 Å². The molecule has 2 atom stereocenters. The van der Waals surface area contributed by atoms with E-state index in [9.17, 15) is 9.59 Å². The summed E-state index contributed by atoms with van der Waals surface area (Å²) < 4.78 is 0. The van der Waals surface area contributed by atoms with Crippen LogP contribution < -0.4 is 42.5 Å². The van der Waals surface area contributed by atoms with Crippen LogP contribution in [0.25, 0.3) is 0 Å². The number of rotatable bonds is 10. The molecule has 0 radical (unpaired) electrons. The third-order valence-corrected chi connectivity index (χ3v) is 14.2. The van der Waals surface area contributed by atoms with E-state index in [1.807, 2.05) is 60.7 Å². The molecule has 0 aromatic heterocycles. The summed E-state index contributed by atoms with van der Waals surface area (Å²) in [5.41, 5.74) is 1.37. The molecule has 7 rings (SSSR count). The van der Waals surface area contributed by atoms with E-state index in [4.69, 9.17) is 19.1 Å². The molecular formula is C44H40Cl2N2O2P2Pd. The van der Waals surface area contributed by atoms with Gasteiger partial charge in [-0.3, -0.25) is 9.59 Å². The quantitative estimate of drug-likeness (QED) is 0.108. The van der Waals surface area contributed by atoms with Crippen molar-refractivity contribution in [2.75, 3.05) is 0 Å². The third kappa shape index (κ3) is 10.1. The van der Waals surface area contributed by atoms with Crippen molar-refractivity contribution in [3.63, 3.8) is 0 Å². The Hall–Kier alpha value is -3.64. The summed E-state index contributed by atoms with van der Waals surface area (Å²) in [5.74, 6) is -0.189. The summed E-state index contributed by atoms with van der Waals surface area (Å²) in [6.45, 7) is 0. The molecule has 1 aliphatic rings. The average molecular weight is 868 g/mol. The summed E-state index contributed by atoms with van der Waals surface area (Å²) in [6, 6.07) is 57.5. The van der Waals surface area contributed by atoms with Gasteiger partial charge in [0.25, 0.3) is 11.8 Å². The first kappa shape index (κ1) is 39.1. The summed E-state index contributed by atoms with van der Waals surface area (Å²) >= 11 is -0.106. The number of hydrogen-bond acceptors (Lipinski definition) is 2. The first-order valence-corrected chi connectivity index (χ1v) is 24.2. The molecule has 0 unspecified atom stereocenters. The normalized spacial score (nSPS) is 15.3. The van der Waals surface area contributed by atoms with Crippen LogP contribution in [0.3, 0.4) is 0 Å². The number of amides is 2. The average Bonchev–Trinajstić information content (AvgIpc) is 3.21. The molecule has 0 heterocycles. The van der Waals surface area contributed by atoms with Gasteiger partial charge in [-0.1, -0.05) is 171 Å². The Labute approximate surface area is 331 Å². The number of benzene rings is 6. The van der Waals surface area contributed by atoms with E-state index in [1.54, 1.807) is 0 Å². The van der Waals surface area contributed by atoms with Gasteiger partial charge in [0, 0.05) is 23.2 Å². The molecule has 4 nitrogen and oxygen atoms in total. The van der Waals surface area contributed by atoms with Crippen molar-refractivity contribution < 1.29 is 25.5 Å². The van der Waals surface area contributed by atoms with Crippen molar-refractivity contribution in [3.05, 3.63) is 181 Å². The fourth-order valence-corrected chi connectivity index (χ4v) is 11.7. The third-order valence-electron chi connectivity index (χ3n) is 9.24. The molecule has 9 heteroatoms. The van der Waals surface area contributed by atoms with E-state index in [0.717, 1.165) is 36.3 Å². The standard InChI is InChI=1S/C44H40N2O2P2.2ClH.Pd/c47-43(37-27-13-17-31-41(37)49(33-19-5-1-6-20-33)34-21-7-2-8-22-34)45-39-29-15-16-30-40(39)46-44(48)38-28-14-18-32-42(38)50(35-23-9-3-10-24-35)36-25-11-4-12-26-36;;;/h1-14,17-28,31-32,39-40H,15-16,29-30H2,(H,45,47)(H,46,48);2*1H;/q;;;+2/p-2/t39-,40-;;;/m1.../s1. The number of nitrogens with one attached hydrogen (secondary N) is 2. The van der Waals surface area contributed by atoms with E-state index < -0.39 is 15.8 Å². The van der Waals surface area contributed by atoms with Crippen molar-refractivity contribution in [1.29, 1.82) is 0 Å². The van der Waals surface area contributed by atoms with Gasteiger partial charge in [0.05, 0.1) is 0 Å². The van der Waals surface area contributed by atoms with Gasteiger partial charge in [0.15, 0.2) is 0 Å². The van der Waals surface area contributed by atoms with Gasteiger partial charge in [-0.05, 0) is 72.6 Å². The van der Waals surface area contributed by atoms with Crippen molar-refractivity contribution in [2.45, 2.75) is 37.8 Å². The van der Waals surface area contributed by atoms with Crippen LogP contribution in [0, 0.1) is 0 Å². The summed E-state index contributed by atoms with van der Waals surface area (Å²) in [6.07, 6.45) is 3.63. The molecule has 2 amide bonds. The van der Waals surface area contributed by atoms with Crippen LogP contribution >= 0.6 is 34.9 Å². The fraction of sp³-hybridized carbons (Fsp3) is 0.136. The molecule has 0 aliphatic heterocycles. The van der Waals surface area contributed by atoms with E-state index in [2.05, 4.69) is 120 Å². The number of carbonyl (C=O) groups is 2. The Morgan fingerprint density at radius 3 is 1.02 bits per heavy atom. The fourth-order valence-electron chi connectivity index (χ4n) is 6.85. The zero-order valence-corrected chi connectivity index (χ0v) is 33.8. The van der Waals surface area contributed by atoms with Crippen LogP contribution in [0.15, 0.2) is 170 Å². The van der Waals surface area contributed by atoms with Crippen molar-refractivity contribution in [1.82, 2.24) is 10.6 Å². The summed E-state index contributed by atoms with van der Waals surface area (Å²) in [7, 11) is 7.72. The van der Waals surface area contributed by atoms with Crippen molar-refractivity contribution in [2.24, 2.45) is 0 Å². The molecule has 0 spiro atoms. The first-order chi connectivity index (χ1) is 26.1. The molecule has 1 aliphatic carbocycles. The monoisotopic (exact) mass is 866 g/mol. The Bertz CT molecular complexity index is 1830. The molecule has 53 heavy (non-hydrogen) atoms. The Kier molecular flexibility index (Phi) is 14.9. The minimum atomic E-state index is -0.955. The maximum atomic E-state index is 14.2. The predicted molar refractivity (Wildman–Crippen MR) is 223 cm³/mol. The second kappa shape index (κ2) is 20.2. The van der Waals surface area contributed by atoms with E-state index in [0.29, 0.717) is 11.1 Å². The van der Waals surface area contributed by atoms with Crippen LogP contribution in [-0.2, 0) is 15.9 Å². The molecule has 1 fully saturated rings. The molecule has 0 saturated heterocycles. The van der Waals surface area contributed by atoms with Gasteiger partial charge in [-0.25, -0.2) is 0 Å². The maximum absolute atomic E-state index is 14.2. The van der Waals surface area contributed by atoms with Crippen molar-refractivity contribution >= 4 is 78.5 Å². The SMILES string of the molecule is O=C(N[C@@H]1CCCC[C@H]1NC(=O)c1ccccc1P(c1ccccc1)c1ccccc1)c1ccccc1P(c1ccccc1)c1ccccc1.[Cl][Pd][Cl]. The Morgan fingerprint density at radius 2 is 0.717 bits per heavy atom. The molecule has 0 bridgehead atoms. The van der Waals surface area contributed by atoms with Gasteiger partial charge in [0.2, 0.25) is 0 Å². The molecular weight excluding hydrogens is 828 g/mol. The van der Waals surface area contributed by atoms with Gasteiger partial charge in [0.1, 0.15) is 0 Å². The molecule has 272 valence electrons. The van der Waals surface area contributed by atoms with Crippen LogP contribution in [-0.4, -0.2) is 23.9 Å². The van der Waals surface area contributed by atoms with Gasteiger partial charge in [-0.15, -0.1) is 0 Å². The summed E-state index contributed by atoms with van der Waals surface area (Å²) in [4.78, 5) is 28.5. The molecule has 6 aromatic rings. The predicted octanol–water partition coefficient (Wildman–Crippen LogP) is 8.05. The van der Waals surface area contributed by atoms with Crippen LogP contribution in [0.2, 0.25) is 0 Å². The van der Waals surface area contributed by atoms with Crippen LogP contribution in [0.1, 0.15) is 46.4 Å². The Morgan fingerprint density at radius 1 is 0.453 bits per heavy atom. The Balaban J connectivity index is 0.00000155. The molecule has 2 N–H and O–H groups in total.